The SMILES string of the molecule is CCNC(=NCc1ccc(N(CC)CC)c(F)c1)NC1CCC(O)CC1.I. The number of anilines is 1. The largest absolute Gasteiger partial charge is 0.393 e. The molecule has 0 aliphatic heterocycles. The van der Waals surface area contributed by atoms with Gasteiger partial charge in [-0.3, -0.25) is 0 Å². The molecule has 0 unspecified atom stereocenters. The monoisotopic (exact) mass is 492 g/mol. The maximum absolute atomic E-state index is 14.4. The minimum Gasteiger partial charge on any atom is -0.393 e. The summed E-state index contributed by atoms with van der Waals surface area (Å²) in [6.07, 6.45) is 3.38. The Morgan fingerprint density at radius 2 is 1.85 bits per heavy atom. The number of nitrogens with one attached hydrogen (secondary N) is 2. The van der Waals surface area contributed by atoms with E-state index in [1.807, 2.05) is 37.8 Å². The molecule has 0 bridgehead atoms. The van der Waals surface area contributed by atoms with Gasteiger partial charge in [0, 0.05) is 25.7 Å². The number of hydrogen-bond acceptors (Lipinski definition) is 3. The molecule has 0 spiro atoms. The molecule has 27 heavy (non-hydrogen) atoms. The van der Waals surface area contributed by atoms with E-state index in [0.29, 0.717) is 18.3 Å². The van der Waals surface area contributed by atoms with Crippen LogP contribution < -0.4 is 15.5 Å². The molecule has 0 atom stereocenters. The van der Waals surface area contributed by atoms with Gasteiger partial charge in [-0.2, -0.15) is 0 Å². The summed E-state index contributed by atoms with van der Waals surface area (Å²) in [6, 6.07) is 5.70. The van der Waals surface area contributed by atoms with E-state index in [0.717, 1.165) is 56.8 Å². The van der Waals surface area contributed by atoms with Gasteiger partial charge in [-0.05, 0) is 64.2 Å². The van der Waals surface area contributed by atoms with Crippen molar-refractivity contribution < 1.29 is 9.50 Å². The average Bonchev–Trinajstić information content (AvgIpc) is 2.64. The summed E-state index contributed by atoms with van der Waals surface area (Å²) < 4.78 is 14.4. The van der Waals surface area contributed by atoms with Gasteiger partial charge in [0.2, 0.25) is 0 Å². The third kappa shape index (κ3) is 7.44. The summed E-state index contributed by atoms with van der Waals surface area (Å²) in [5.74, 6) is 0.558. The number of rotatable bonds is 7. The van der Waals surface area contributed by atoms with Gasteiger partial charge in [-0.1, -0.05) is 6.07 Å². The number of nitrogens with zero attached hydrogens (tertiary/aromatic N) is 2. The Morgan fingerprint density at radius 1 is 1.19 bits per heavy atom. The molecule has 5 nitrogen and oxygen atoms in total. The van der Waals surface area contributed by atoms with E-state index < -0.39 is 0 Å². The minimum absolute atomic E-state index is 0. The lowest BCUT2D eigenvalue weighted by Crippen LogP contribution is -2.45. The number of halogens is 2. The summed E-state index contributed by atoms with van der Waals surface area (Å²) in [5, 5.41) is 16.3. The summed E-state index contributed by atoms with van der Waals surface area (Å²) in [6.45, 7) is 8.86. The number of aliphatic imine (C=N–C) groups is 1. The number of guanidine groups is 1. The predicted octanol–water partition coefficient (Wildman–Crippen LogP) is 3.65. The van der Waals surface area contributed by atoms with Crippen LogP contribution in [0.25, 0.3) is 0 Å². The van der Waals surface area contributed by atoms with Crippen LogP contribution in [0.1, 0.15) is 52.0 Å². The molecular formula is C20H34FIN4O. The summed E-state index contributed by atoms with van der Waals surface area (Å²) >= 11 is 0. The molecule has 0 aromatic heterocycles. The van der Waals surface area contributed by atoms with Gasteiger partial charge in [0.15, 0.2) is 5.96 Å². The van der Waals surface area contributed by atoms with Gasteiger partial charge in [0.05, 0.1) is 18.3 Å². The first kappa shape index (κ1) is 23.9. The van der Waals surface area contributed by atoms with Crippen molar-refractivity contribution in [2.24, 2.45) is 4.99 Å². The van der Waals surface area contributed by atoms with Crippen molar-refractivity contribution in [3.63, 3.8) is 0 Å². The van der Waals surface area contributed by atoms with Crippen molar-refractivity contribution >= 4 is 35.6 Å². The zero-order valence-electron chi connectivity index (χ0n) is 16.7. The van der Waals surface area contributed by atoms with E-state index in [2.05, 4.69) is 15.6 Å². The molecular weight excluding hydrogens is 458 g/mol. The van der Waals surface area contributed by atoms with E-state index >= 15 is 0 Å². The second-order valence-electron chi connectivity index (χ2n) is 6.80. The Bertz CT molecular complexity index is 587. The fourth-order valence-electron chi connectivity index (χ4n) is 3.37. The number of hydrogen-bond donors (Lipinski definition) is 3. The van der Waals surface area contributed by atoms with E-state index in [1.54, 1.807) is 6.07 Å². The molecule has 1 aliphatic rings. The molecule has 2 rings (SSSR count). The first-order chi connectivity index (χ1) is 12.6. The quantitative estimate of drug-likeness (QED) is 0.309. The molecule has 3 N–H and O–H groups in total. The standard InChI is InChI=1S/C20H33FN4O.HI/c1-4-22-20(24-16-8-10-17(26)11-9-16)23-14-15-7-12-19(18(21)13-15)25(5-2)6-3;/h7,12-13,16-17,26H,4-6,8-11,14H2,1-3H3,(H2,22,23,24);1H. The van der Waals surface area contributed by atoms with Crippen LogP contribution in [0.3, 0.4) is 0 Å². The molecule has 0 amide bonds. The third-order valence-electron chi connectivity index (χ3n) is 4.92. The number of aliphatic hydroxyl groups is 1. The van der Waals surface area contributed by atoms with Crippen LogP contribution in [0, 0.1) is 5.82 Å². The lowest BCUT2D eigenvalue weighted by atomic mass is 9.93. The highest BCUT2D eigenvalue weighted by molar-refractivity contribution is 14.0. The van der Waals surface area contributed by atoms with Gasteiger partial charge in [-0.25, -0.2) is 9.38 Å². The topological polar surface area (TPSA) is 59.9 Å². The van der Waals surface area contributed by atoms with Crippen molar-refractivity contribution in [2.45, 2.75) is 65.1 Å². The zero-order valence-corrected chi connectivity index (χ0v) is 19.0. The molecule has 1 aliphatic carbocycles. The van der Waals surface area contributed by atoms with Crippen LogP contribution in [0.2, 0.25) is 0 Å². The predicted molar refractivity (Wildman–Crippen MR) is 122 cm³/mol. The van der Waals surface area contributed by atoms with Crippen molar-refractivity contribution in [1.29, 1.82) is 0 Å². The van der Waals surface area contributed by atoms with E-state index in [4.69, 9.17) is 0 Å². The first-order valence-corrected chi connectivity index (χ1v) is 9.83. The normalized spacial score (nSPS) is 20.0. The molecule has 1 aromatic rings. The second-order valence-corrected chi connectivity index (χ2v) is 6.80. The van der Waals surface area contributed by atoms with E-state index in [9.17, 15) is 9.50 Å². The highest BCUT2D eigenvalue weighted by Gasteiger charge is 2.20. The highest BCUT2D eigenvalue weighted by atomic mass is 127. The molecule has 1 fully saturated rings. The van der Waals surface area contributed by atoms with E-state index in [1.165, 1.54) is 0 Å². The second kappa shape index (κ2) is 12.4. The average molecular weight is 492 g/mol. The Hall–Kier alpha value is -1.09. The van der Waals surface area contributed by atoms with Crippen LogP contribution in [-0.2, 0) is 6.54 Å². The van der Waals surface area contributed by atoms with Gasteiger partial charge in [0.25, 0.3) is 0 Å². The van der Waals surface area contributed by atoms with Crippen LogP contribution in [0.5, 0.6) is 0 Å². The lowest BCUT2D eigenvalue weighted by Gasteiger charge is -2.27. The Morgan fingerprint density at radius 3 is 2.41 bits per heavy atom. The Balaban J connectivity index is 0.00000364. The Kier molecular flexibility index (Phi) is 11.0. The minimum atomic E-state index is -0.194. The molecule has 7 heteroatoms. The van der Waals surface area contributed by atoms with Crippen molar-refractivity contribution in [3.05, 3.63) is 29.6 Å². The zero-order chi connectivity index (χ0) is 18.9. The van der Waals surface area contributed by atoms with Crippen molar-refractivity contribution in [2.75, 3.05) is 24.5 Å². The van der Waals surface area contributed by atoms with Crippen molar-refractivity contribution in [1.82, 2.24) is 10.6 Å². The lowest BCUT2D eigenvalue weighted by molar-refractivity contribution is 0.120. The van der Waals surface area contributed by atoms with Gasteiger partial charge >= 0.3 is 0 Å². The highest BCUT2D eigenvalue weighted by Crippen LogP contribution is 2.21. The summed E-state index contributed by atoms with van der Waals surface area (Å²) in [4.78, 5) is 6.61. The van der Waals surface area contributed by atoms with Crippen LogP contribution in [-0.4, -0.2) is 42.8 Å². The molecule has 0 saturated heterocycles. The van der Waals surface area contributed by atoms with Gasteiger partial charge in [-0.15, -0.1) is 24.0 Å². The van der Waals surface area contributed by atoms with E-state index in [-0.39, 0.29) is 35.9 Å². The number of benzene rings is 1. The third-order valence-corrected chi connectivity index (χ3v) is 4.92. The van der Waals surface area contributed by atoms with Crippen LogP contribution in [0.15, 0.2) is 23.2 Å². The van der Waals surface area contributed by atoms with Crippen LogP contribution in [0.4, 0.5) is 10.1 Å². The molecule has 0 radical (unpaired) electrons. The maximum atomic E-state index is 14.4. The van der Waals surface area contributed by atoms with Crippen molar-refractivity contribution in [3.8, 4) is 0 Å². The first-order valence-electron chi connectivity index (χ1n) is 9.83. The van der Waals surface area contributed by atoms with Gasteiger partial charge < -0.3 is 20.6 Å². The fourth-order valence-corrected chi connectivity index (χ4v) is 3.37. The summed E-state index contributed by atoms with van der Waals surface area (Å²) in [5.41, 5.74) is 1.50. The summed E-state index contributed by atoms with van der Waals surface area (Å²) in [7, 11) is 0. The van der Waals surface area contributed by atoms with Crippen LogP contribution >= 0.6 is 24.0 Å². The smallest absolute Gasteiger partial charge is 0.191 e. The number of aliphatic hydroxyl groups excluding tert-OH is 1. The fraction of sp³-hybridized carbons (Fsp3) is 0.650. The van der Waals surface area contributed by atoms with Gasteiger partial charge in [0.1, 0.15) is 5.82 Å². The maximum Gasteiger partial charge on any atom is 0.191 e. The molecule has 154 valence electrons. The Labute approximate surface area is 179 Å². The molecule has 0 heterocycles. The molecule has 1 saturated carbocycles. The molecule has 1 aromatic carbocycles.